The molecule has 0 spiro atoms. The number of nitrogens with one attached hydrogen (secondary N) is 1. The molecule has 1 aromatic carbocycles. The van der Waals surface area contributed by atoms with Gasteiger partial charge in [0.15, 0.2) is 0 Å². The van der Waals surface area contributed by atoms with Gasteiger partial charge in [-0.2, -0.15) is 12.7 Å². The summed E-state index contributed by atoms with van der Waals surface area (Å²) >= 11 is 0. The summed E-state index contributed by atoms with van der Waals surface area (Å²) in [6.45, 7) is 11.7. The summed E-state index contributed by atoms with van der Waals surface area (Å²) < 4.78 is 29.8. The molecular formula is C19H29N3O2S. The highest BCUT2D eigenvalue weighted by atomic mass is 32.2. The Hall–Kier alpha value is -1.63. The highest BCUT2D eigenvalue weighted by molar-refractivity contribution is 7.87. The average molecular weight is 364 g/mol. The van der Waals surface area contributed by atoms with Crippen LogP contribution in [0, 0.1) is 5.92 Å². The van der Waals surface area contributed by atoms with Crippen molar-refractivity contribution in [3.05, 3.63) is 42.1 Å². The number of rotatable bonds is 8. The zero-order chi connectivity index (χ0) is 18.8. The van der Waals surface area contributed by atoms with Gasteiger partial charge in [0, 0.05) is 44.3 Å². The van der Waals surface area contributed by atoms with Crippen molar-refractivity contribution in [2.45, 2.75) is 33.7 Å². The molecule has 5 nitrogen and oxygen atoms in total. The third kappa shape index (κ3) is 4.71. The quantitative estimate of drug-likeness (QED) is 0.783. The maximum atomic E-state index is 11.9. The lowest BCUT2D eigenvalue weighted by molar-refractivity contribution is 0.506. The minimum atomic E-state index is -3.39. The van der Waals surface area contributed by atoms with E-state index in [2.05, 4.69) is 54.1 Å². The predicted molar refractivity (Wildman–Crippen MR) is 106 cm³/mol. The molecule has 0 aliphatic heterocycles. The average Bonchev–Trinajstić information content (AvgIpc) is 2.83. The number of aromatic nitrogens is 1. The second-order valence-electron chi connectivity index (χ2n) is 7.14. The Kier molecular flexibility index (Phi) is 6.08. The van der Waals surface area contributed by atoms with Gasteiger partial charge >= 0.3 is 0 Å². The first-order chi connectivity index (χ1) is 11.6. The third-order valence-corrected chi connectivity index (χ3v) is 5.71. The van der Waals surface area contributed by atoms with E-state index in [4.69, 9.17) is 0 Å². The van der Waals surface area contributed by atoms with Gasteiger partial charge < -0.3 is 4.57 Å². The summed E-state index contributed by atoms with van der Waals surface area (Å²) in [4.78, 5) is 0. The van der Waals surface area contributed by atoms with Crippen LogP contribution >= 0.6 is 0 Å². The van der Waals surface area contributed by atoms with Crippen LogP contribution in [-0.4, -0.2) is 37.9 Å². The van der Waals surface area contributed by atoms with Crippen LogP contribution in [0.2, 0.25) is 0 Å². The van der Waals surface area contributed by atoms with Gasteiger partial charge in [0.1, 0.15) is 0 Å². The highest BCUT2D eigenvalue weighted by Crippen LogP contribution is 2.26. The molecule has 0 radical (unpaired) electrons. The van der Waals surface area contributed by atoms with Crippen molar-refractivity contribution < 1.29 is 8.42 Å². The van der Waals surface area contributed by atoms with Gasteiger partial charge in [-0.15, -0.1) is 0 Å². The molecule has 0 aliphatic carbocycles. The smallest absolute Gasteiger partial charge is 0.278 e. The number of benzene rings is 1. The highest BCUT2D eigenvalue weighted by Gasteiger charge is 2.14. The third-order valence-electron chi connectivity index (χ3n) is 4.18. The van der Waals surface area contributed by atoms with E-state index in [1.165, 1.54) is 29.3 Å². The minimum Gasteiger partial charge on any atom is -0.347 e. The normalized spacial score (nSPS) is 12.4. The topological polar surface area (TPSA) is 54.3 Å². The molecule has 0 bridgehead atoms. The summed E-state index contributed by atoms with van der Waals surface area (Å²) in [5, 5.41) is 1.18. The van der Waals surface area contributed by atoms with E-state index in [1.54, 1.807) is 0 Å². The van der Waals surface area contributed by atoms with E-state index in [-0.39, 0.29) is 0 Å². The number of hydrogen-bond acceptors (Lipinski definition) is 2. The zero-order valence-electron chi connectivity index (χ0n) is 15.8. The number of hydrogen-bond donors (Lipinski definition) is 1. The standard InChI is InChI=1S/C19H29N3O2S/c1-14(2)12-22-13-17(9-10-20-25(23,24)21(5)6)18-8-7-16(15(3)4)11-19(18)22/h7-8,11,13-14,20H,3,9-10,12H2,1-2,4-6H3. The molecule has 1 N–H and O–H groups in total. The van der Waals surface area contributed by atoms with Crippen LogP contribution in [0.1, 0.15) is 31.9 Å². The van der Waals surface area contributed by atoms with Crippen molar-refractivity contribution in [2.75, 3.05) is 20.6 Å². The zero-order valence-corrected chi connectivity index (χ0v) is 16.7. The van der Waals surface area contributed by atoms with Crippen molar-refractivity contribution in [3.8, 4) is 0 Å². The van der Waals surface area contributed by atoms with Crippen LogP contribution in [0.5, 0.6) is 0 Å². The summed E-state index contributed by atoms with van der Waals surface area (Å²) in [5.41, 5.74) is 4.51. The number of nitrogens with zero attached hydrogens (tertiary/aromatic N) is 2. The Balaban J connectivity index is 2.32. The lowest BCUT2D eigenvalue weighted by Crippen LogP contribution is -2.36. The second-order valence-corrected chi connectivity index (χ2v) is 9.11. The Labute approximate surface area is 151 Å². The fraction of sp³-hybridized carbons (Fsp3) is 0.474. The molecule has 1 aromatic heterocycles. The van der Waals surface area contributed by atoms with Gasteiger partial charge in [-0.1, -0.05) is 38.1 Å². The maximum absolute atomic E-state index is 11.9. The minimum absolute atomic E-state index is 0.379. The molecule has 0 atom stereocenters. The van der Waals surface area contributed by atoms with Crippen molar-refractivity contribution in [1.29, 1.82) is 0 Å². The Morgan fingerprint density at radius 3 is 2.56 bits per heavy atom. The first-order valence-corrected chi connectivity index (χ1v) is 10.0. The van der Waals surface area contributed by atoms with E-state index >= 15 is 0 Å². The van der Waals surface area contributed by atoms with Gasteiger partial charge in [-0.05, 0) is 36.5 Å². The molecular weight excluding hydrogens is 334 g/mol. The molecule has 0 aliphatic rings. The molecule has 0 amide bonds. The van der Waals surface area contributed by atoms with Crippen LogP contribution in [0.4, 0.5) is 0 Å². The van der Waals surface area contributed by atoms with Gasteiger partial charge in [-0.3, -0.25) is 0 Å². The Morgan fingerprint density at radius 2 is 2.00 bits per heavy atom. The molecule has 0 saturated carbocycles. The second kappa shape index (κ2) is 7.72. The first kappa shape index (κ1) is 19.7. The Morgan fingerprint density at radius 1 is 1.32 bits per heavy atom. The van der Waals surface area contributed by atoms with Gasteiger partial charge in [0.2, 0.25) is 0 Å². The van der Waals surface area contributed by atoms with E-state index in [9.17, 15) is 8.42 Å². The van der Waals surface area contributed by atoms with Gasteiger partial charge in [-0.25, -0.2) is 4.72 Å². The maximum Gasteiger partial charge on any atom is 0.278 e. The molecule has 0 saturated heterocycles. The summed E-state index contributed by atoms with van der Waals surface area (Å²) in [7, 11) is -0.339. The summed E-state index contributed by atoms with van der Waals surface area (Å²) in [5.74, 6) is 0.532. The molecule has 2 aromatic rings. The van der Waals surface area contributed by atoms with Crippen LogP contribution in [-0.2, 0) is 23.2 Å². The SMILES string of the molecule is C=C(C)c1ccc2c(CCNS(=O)(=O)N(C)C)cn(CC(C)C)c2c1. The van der Waals surface area contributed by atoms with Crippen molar-refractivity contribution >= 4 is 26.7 Å². The van der Waals surface area contributed by atoms with Crippen LogP contribution in [0.25, 0.3) is 16.5 Å². The molecule has 25 heavy (non-hydrogen) atoms. The van der Waals surface area contributed by atoms with Gasteiger partial charge in [0.05, 0.1) is 0 Å². The van der Waals surface area contributed by atoms with Crippen LogP contribution in [0.15, 0.2) is 31.0 Å². The van der Waals surface area contributed by atoms with E-state index in [1.807, 2.05) is 6.92 Å². The van der Waals surface area contributed by atoms with Crippen molar-refractivity contribution in [1.82, 2.24) is 13.6 Å². The van der Waals surface area contributed by atoms with E-state index in [0.29, 0.717) is 18.9 Å². The number of fused-ring (bicyclic) bond motifs is 1. The fourth-order valence-corrected chi connectivity index (χ4v) is 3.44. The van der Waals surface area contributed by atoms with Crippen molar-refractivity contribution in [2.24, 2.45) is 5.92 Å². The first-order valence-electron chi connectivity index (χ1n) is 8.56. The molecule has 0 unspecified atom stereocenters. The summed E-state index contributed by atoms with van der Waals surface area (Å²) in [6.07, 6.45) is 2.80. The van der Waals surface area contributed by atoms with Crippen LogP contribution < -0.4 is 4.72 Å². The predicted octanol–water partition coefficient (Wildman–Crippen LogP) is 3.27. The van der Waals surface area contributed by atoms with E-state index < -0.39 is 10.2 Å². The summed E-state index contributed by atoms with van der Waals surface area (Å²) in [6, 6.07) is 6.37. The van der Waals surface area contributed by atoms with Crippen molar-refractivity contribution in [3.63, 3.8) is 0 Å². The van der Waals surface area contributed by atoms with Crippen LogP contribution in [0.3, 0.4) is 0 Å². The molecule has 2 rings (SSSR count). The van der Waals surface area contributed by atoms with Gasteiger partial charge in [0.25, 0.3) is 10.2 Å². The fourth-order valence-electron chi connectivity index (χ4n) is 2.82. The molecule has 138 valence electrons. The Bertz CT molecular complexity index is 864. The lowest BCUT2D eigenvalue weighted by atomic mass is 10.0. The van der Waals surface area contributed by atoms with E-state index in [0.717, 1.165) is 23.2 Å². The molecule has 6 heteroatoms. The number of allylic oxidation sites excluding steroid dienone is 1. The largest absolute Gasteiger partial charge is 0.347 e. The molecule has 1 heterocycles. The monoisotopic (exact) mass is 363 g/mol. The lowest BCUT2D eigenvalue weighted by Gasteiger charge is -2.11. The molecule has 0 fully saturated rings.